The van der Waals surface area contributed by atoms with Crippen molar-refractivity contribution in [3.63, 3.8) is 0 Å². The Morgan fingerprint density at radius 1 is 1.35 bits per heavy atom. The maximum atomic E-state index is 12.8. The van der Waals surface area contributed by atoms with Crippen molar-refractivity contribution < 1.29 is 14.2 Å². The van der Waals surface area contributed by atoms with Crippen LogP contribution in [0.3, 0.4) is 0 Å². The number of likely N-dealkylation sites (tertiary alicyclic amines) is 1. The SMILES string of the molecule is O[C@@H](COc1ccc(F)cc1)CN1CCC[C@H]1Cn1cncn1. The predicted octanol–water partition coefficient (Wildman–Crippen LogP) is 1.32. The molecule has 0 aliphatic carbocycles. The molecule has 23 heavy (non-hydrogen) atoms. The van der Waals surface area contributed by atoms with Crippen molar-refractivity contribution in [3.05, 3.63) is 42.7 Å². The van der Waals surface area contributed by atoms with Crippen molar-refractivity contribution in [2.24, 2.45) is 0 Å². The number of benzene rings is 1. The smallest absolute Gasteiger partial charge is 0.137 e. The van der Waals surface area contributed by atoms with E-state index in [0.29, 0.717) is 18.3 Å². The average Bonchev–Trinajstić information content (AvgIpc) is 3.20. The third kappa shape index (κ3) is 4.49. The first-order valence-corrected chi connectivity index (χ1v) is 7.83. The third-order valence-corrected chi connectivity index (χ3v) is 4.06. The van der Waals surface area contributed by atoms with E-state index in [-0.39, 0.29) is 12.4 Å². The molecular formula is C16H21FN4O2. The highest BCUT2D eigenvalue weighted by molar-refractivity contribution is 5.22. The minimum absolute atomic E-state index is 0.193. The Kier molecular flexibility index (Phi) is 5.19. The van der Waals surface area contributed by atoms with E-state index < -0.39 is 6.10 Å². The van der Waals surface area contributed by atoms with Crippen LogP contribution >= 0.6 is 0 Å². The number of ether oxygens (including phenoxy) is 1. The summed E-state index contributed by atoms with van der Waals surface area (Å²) in [5.41, 5.74) is 0. The number of hydrogen-bond acceptors (Lipinski definition) is 5. The zero-order valence-corrected chi connectivity index (χ0v) is 12.9. The average molecular weight is 320 g/mol. The van der Waals surface area contributed by atoms with Crippen LogP contribution in [0.5, 0.6) is 5.75 Å². The summed E-state index contributed by atoms with van der Waals surface area (Å²) in [5.74, 6) is 0.261. The fourth-order valence-electron chi connectivity index (χ4n) is 2.93. The molecule has 1 N–H and O–H groups in total. The molecule has 0 unspecified atom stereocenters. The van der Waals surface area contributed by atoms with Crippen LogP contribution in [-0.2, 0) is 6.54 Å². The molecule has 2 aromatic rings. The van der Waals surface area contributed by atoms with Gasteiger partial charge in [-0.3, -0.25) is 9.58 Å². The van der Waals surface area contributed by atoms with E-state index in [2.05, 4.69) is 15.0 Å². The Hall–Kier alpha value is -1.99. The van der Waals surface area contributed by atoms with E-state index >= 15 is 0 Å². The monoisotopic (exact) mass is 320 g/mol. The van der Waals surface area contributed by atoms with E-state index in [1.54, 1.807) is 18.5 Å². The number of β-amino-alcohol motifs (C(OH)–C–C–N with tert-alkyl or cyclic N) is 1. The van der Waals surface area contributed by atoms with E-state index in [1.807, 2.05) is 4.68 Å². The number of aromatic nitrogens is 3. The van der Waals surface area contributed by atoms with E-state index in [9.17, 15) is 9.50 Å². The van der Waals surface area contributed by atoms with Crippen molar-refractivity contribution in [1.29, 1.82) is 0 Å². The lowest BCUT2D eigenvalue weighted by molar-refractivity contribution is 0.0609. The van der Waals surface area contributed by atoms with Gasteiger partial charge in [0.25, 0.3) is 0 Å². The summed E-state index contributed by atoms with van der Waals surface area (Å²) in [6.45, 7) is 2.50. The lowest BCUT2D eigenvalue weighted by Crippen LogP contribution is -2.40. The molecule has 1 fully saturated rings. The van der Waals surface area contributed by atoms with Gasteiger partial charge in [0.1, 0.15) is 36.9 Å². The summed E-state index contributed by atoms with van der Waals surface area (Å²) >= 11 is 0. The van der Waals surface area contributed by atoms with Crippen LogP contribution in [0.2, 0.25) is 0 Å². The molecule has 1 aromatic heterocycles. The van der Waals surface area contributed by atoms with Gasteiger partial charge in [0.15, 0.2) is 0 Å². The molecule has 0 radical (unpaired) electrons. The maximum absolute atomic E-state index is 12.8. The first-order valence-electron chi connectivity index (χ1n) is 7.83. The Labute approximate surface area is 134 Å². The van der Waals surface area contributed by atoms with Crippen molar-refractivity contribution in [2.45, 2.75) is 31.5 Å². The highest BCUT2D eigenvalue weighted by atomic mass is 19.1. The van der Waals surface area contributed by atoms with Crippen molar-refractivity contribution in [1.82, 2.24) is 19.7 Å². The lowest BCUT2D eigenvalue weighted by atomic mass is 10.2. The standard InChI is InChI=1S/C16H21FN4O2/c17-13-3-5-16(6-4-13)23-10-15(22)9-20-7-1-2-14(20)8-21-12-18-11-19-21/h3-6,11-12,14-15,22H,1-2,7-10H2/t14-,15+/m0/s1. The zero-order chi connectivity index (χ0) is 16.1. The van der Waals surface area contributed by atoms with Gasteiger partial charge in [0.2, 0.25) is 0 Å². The zero-order valence-electron chi connectivity index (χ0n) is 12.9. The molecule has 0 saturated carbocycles. The minimum atomic E-state index is -0.587. The Morgan fingerprint density at radius 2 is 2.17 bits per heavy atom. The van der Waals surface area contributed by atoms with Gasteiger partial charge < -0.3 is 9.84 Å². The van der Waals surface area contributed by atoms with Crippen LogP contribution in [-0.4, -0.2) is 56.6 Å². The van der Waals surface area contributed by atoms with Gasteiger partial charge in [-0.25, -0.2) is 9.37 Å². The molecule has 1 saturated heterocycles. The summed E-state index contributed by atoms with van der Waals surface area (Å²) in [6.07, 6.45) is 4.86. The van der Waals surface area contributed by atoms with E-state index in [1.165, 1.54) is 18.5 Å². The molecular weight excluding hydrogens is 299 g/mol. The van der Waals surface area contributed by atoms with Crippen LogP contribution in [0.25, 0.3) is 0 Å². The van der Waals surface area contributed by atoms with Gasteiger partial charge in [0, 0.05) is 12.6 Å². The second-order valence-corrected chi connectivity index (χ2v) is 5.83. The van der Waals surface area contributed by atoms with Gasteiger partial charge in [-0.1, -0.05) is 0 Å². The molecule has 124 valence electrons. The quantitative estimate of drug-likeness (QED) is 0.834. The van der Waals surface area contributed by atoms with Gasteiger partial charge in [0.05, 0.1) is 6.54 Å². The topological polar surface area (TPSA) is 63.4 Å². The Balaban J connectivity index is 1.46. The fraction of sp³-hybridized carbons (Fsp3) is 0.500. The fourth-order valence-corrected chi connectivity index (χ4v) is 2.93. The summed E-state index contributed by atoms with van der Waals surface area (Å²) in [7, 11) is 0. The normalized spacial score (nSPS) is 19.8. The van der Waals surface area contributed by atoms with Crippen LogP contribution in [0.1, 0.15) is 12.8 Å². The maximum Gasteiger partial charge on any atom is 0.137 e. The van der Waals surface area contributed by atoms with Crippen LogP contribution in [0.4, 0.5) is 4.39 Å². The minimum Gasteiger partial charge on any atom is -0.491 e. The molecule has 1 aliphatic rings. The van der Waals surface area contributed by atoms with Gasteiger partial charge in [-0.15, -0.1) is 0 Å². The molecule has 2 atom stereocenters. The first kappa shape index (κ1) is 15.9. The largest absolute Gasteiger partial charge is 0.491 e. The number of hydrogen-bond donors (Lipinski definition) is 1. The molecule has 0 amide bonds. The third-order valence-electron chi connectivity index (χ3n) is 4.06. The second kappa shape index (κ2) is 7.52. The van der Waals surface area contributed by atoms with E-state index in [0.717, 1.165) is 25.9 Å². The summed E-state index contributed by atoms with van der Waals surface area (Å²) in [5, 5.41) is 14.3. The van der Waals surface area contributed by atoms with Crippen molar-refractivity contribution in [3.8, 4) is 5.75 Å². The number of nitrogens with zero attached hydrogens (tertiary/aromatic N) is 4. The van der Waals surface area contributed by atoms with E-state index in [4.69, 9.17) is 4.74 Å². The van der Waals surface area contributed by atoms with Gasteiger partial charge in [-0.05, 0) is 43.7 Å². The molecule has 3 rings (SSSR count). The second-order valence-electron chi connectivity index (χ2n) is 5.83. The van der Waals surface area contributed by atoms with Gasteiger partial charge in [-0.2, -0.15) is 5.10 Å². The number of aliphatic hydroxyl groups excluding tert-OH is 1. The van der Waals surface area contributed by atoms with Crippen molar-refractivity contribution >= 4 is 0 Å². The molecule has 7 heteroatoms. The molecule has 1 aliphatic heterocycles. The van der Waals surface area contributed by atoms with Crippen molar-refractivity contribution in [2.75, 3.05) is 19.7 Å². The first-order chi connectivity index (χ1) is 11.2. The van der Waals surface area contributed by atoms with Crippen LogP contribution in [0, 0.1) is 5.82 Å². The highest BCUT2D eigenvalue weighted by Crippen LogP contribution is 2.19. The number of rotatable bonds is 7. The number of aliphatic hydroxyl groups is 1. The number of halogens is 1. The molecule has 0 spiro atoms. The molecule has 6 nitrogen and oxygen atoms in total. The Morgan fingerprint density at radius 3 is 2.91 bits per heavy atom. The summed E-state index contributed by atoms with van der Waals surface area (Å²) in [6, 6.07) is 6.17. The van der Waals surface area contributed by atoms with Crippen LogP contribution < -0.4 is 4.74 Å². The summed E-state index contributed by atoms with van der Waals surface area (Å²) < 4.78 is 20.2. The molecule has 0 bridgehead atoms. The summed E-state index contributed by atoms with van der Waals surface area (Å²) in [4.78, 5) is 6.22. The van der Waals surface area contributed by atoms with Gasteiger partial charge >= 0.3 is 0 Å². The van der Waals surface area contributed by atoms with Crippen LogP contribution in [0.15, 0.2) is 36.9 Å². The molecule has 1 aromatic carbocycles. The lowest BCUT2D eigenvalue weighted by Gasteiger charge is -2.26. The predicted molar refractivity (Wildman–Crippen MR) is 82.5 cm³/mol. The Bertz CT molecular complexity index is 591. The molecule has 2 heterocycles. The highest BCUT2D eigenvalue weighted by Gasteiger charge is 2.26.